The minimum atomic E-state index is -0.202. The predicted molar refractivity (Wildman–Crippen MR) is 94.0 cm³/mol. The number of imide groups is 1. The average molecular weight is 340 g/mol. The van der Waals surface area contributed by atoms with E-state index in [9.17, 15) is 9.59 Å². The molecule has 0 bridgehead atoms. The fraction of sp³-hybridized carbons (Fsp3) is 0.300. The van der Waals surface area contributed by atoms with Crippen molar-refractivity contribution in [3.63, 3.8) is 0 Å². The molecule has 4 rings (SSSR count). The summed E-state index contributed by atoms with van der Waals surface area (Å²) in [5.41, 5.74) is 1.89. The van der Waals surface area contributed by atoms with Crippen LogP contribution in [0.4, 0.5) is 5.69 Å². The molecule has 0 radical (unpaired) electrons. The zero-order valence-electron chi connectivity index (χ0n) is 13.2. The van der Waals surface area contributed by atoms with Gasteiger partial charge < -0.3 is 0 Å². The Morgan fingerprint density at radius 1 is 0.833 bits per heavy atom. The van der Waals surface area contributed by atoms with E-state index in [0.717, 1.165) is 19.3 Å². The molecule has 122 valence electrons. The second-order valence-corrected chi connectivity index (χ2v) is 7.06. The standard InChI is InChI=1S/C20H18ClNO2/c21-15-7-9-16(10-8-15)22-19(23)17-11-6-14(12-18(17)20(22)24)13-4-2-1-3-5-13/h1-5,7-10,14,17-18H,6,11-12H2/t14-,17-,18+/m1/s1. The summed E-state index contributed by atoms with van der Waals surface area (Å²) in [5, 5.41) is 0.597. The number of carbonyl (C=O) groups excluding carboxylic acids is 2. The van der Waals surface area contributed by atoms with Gasteiger partial charge in [0.1, 0.15) is 0 Å². The van der Waals surface area contributed by atoms with Crippen LogP contribution in [-0.2, 0) is 9.59 Å². The SMILES string of the molecule is O=C1[C@H]2C[C@H](c3ccccc3)CC[C@H]2C(=O)N1c1ccc(Cl)cc1. The molecule has 24 heavy (non-hydrogen) atoms. The van der Waals surface area contributed by atoms with Crippen molar-refractivity contribution in [1.82, 2.24) is 0 Å². The predicted octanol–water partition coefficient (Wildman–Crippen LogP) is 4.41. The lowest BCUT2D eigenvalue weighted by molar-refractivity contribution is -0.122. The molecule has 0 spiro atoms. The molecule has 0 aromatic heterocycles. The highest BCUT2D eigenvalue weighted by atomic mass is 35.5. The number of hydrogen-bond donors (Lipinski definition) is 0. The van der Waals surface area contributed by atoms with Gasteiger partial charge in [-0.2, -0.15) is 0 Å². The summed E-state index contributed by atoms with van der Waals surface area (Å²) in [4.78, 5) is 27.0. The summed E-state index contributed by atoms with van der Waals surface area (Å²) >= 11 is 5.91. The van der Waals surface area contributed by atoms with Crippen molar-refractivity contribution < 1.29 is 9.59 Å². The maximum atomic E-state index is 12.9. The smallest absolute Gasteiger partial charge is 0.237 e. The van der Waals surface area contributed by atoms with E-state index in [1.807, 2.05) is 18.2 Å². The van der Waals surface area contributed by atoms with Gasteiger partial charge in [-0.25, -0.2) is 0 Å². The molecule has 0 unspecified atom stereocenters. The zero-order chi connectivity index (χ0) is 16.7. The normalized spacial score (nSPS) is 26.5. The topological polar surface area (TPSA) is 37.4 Å². The van der Waals surface area contributed by atoms with E-state index in [1.165, 1.54) is 10.5 Å². The minimum absolute atomic E-state index is 0.0566. The Morgan fingerprint density at radius 2 is 1.50 bits per heavy atom. The van der Waals surface area contributed by atoms with Crippen LogP contribution in [0.1, 0.15) is 30.7 Å². The van der Waals surface area contributed by atoms with Gasteiger partial charge in [0, 0.05) is 5.02 Å². The van der Waals surface area contributed by atoms with Crippen LogP contribution >= 0.6 is 11.6 Å². The molecule has 0 N–H and O–H groups in total. The number of nitrogens with zero attached hydrogens (tertiary/aromatic N) is 1. The molecule has 2 aromatic rings. The summed E-state index contributed by atoms with van der Waals surface area (Å²) in [6, 6.07) is 17.2. The van der Waals surface area contributed by atoms with Crippen molar-refractivity contribution in [2.24, 2.45) is 11.8 Å². The summed E-state index contributed by atoms with van der Waals surface area (Å²) in [6.07, 6.45) is 2.49. The maximum absolute atomic E-state index is 12.9. The molecule has 1 saturated carbocycles. The molecule has 2 fully saturated rings. The van der Waals surface area contributed by atoms with Crippen LogP contribution < -0.4 is 4.90 Å². The van der Waals surface area contributed by atoms with Crippen molar-refractivity contribution in [3.05, 3.63) is 65.2 Å². The molecule has 3 atom stereocenters. The monoisotopic (exact) mass is 339 g/mol. The second-order valence-electron chi connectivity index (χ2n) is 6.62. The van der Waals surface area contributed by atoms with Crippen molar-refractivity contribution in [2.75, 3.05) is 4.90 Å². The van der Waals surface area contributed by atoms with Crippen LogP contribution in [-0.4, -0.2) is 11.8 Å². The fourth-order valence-corrected chi connectivity index (χ4v) is 4.18. The Labute approximate surface area is 146 Å². The number of anilines is 1. The molecule has 1 heterocycles. The van der Waals surface area contributed by atoms with Gasteiger partial charge in [-0.05, 0) is 55.0 Å². The Hall–Kier alpha value is -2.13. The van der Waals surface area contributed by atoms with Crippen LogP contribution in [0.25, 0.3) is 0 Å². The van der Waals surface area contributed by atoms with Crippen LogP contribution in [0.5, 0.6) is 0 Å². The minimum Gasteiger partial charge on any atom is -0.274 e. The lowest BCUT2D eigenvalue weighted by atomic mass is 9.73. The van der Waals surface area contributed by atoms with Gasteiger partial charge in [0.15, 0.2) is 0 Å². The molecule has 2 aliphatic rings. The van der Waals surface area contributed by atoms with E-state index in [0.29, 0.717) is 16.6 Å². The number of hydrogen-bond acceptors (Lipinski definition) is 2. The van der Waals surface area contributed by atoms with Gasteiger partial charge in [0.2, 0.25) is 11.8 Å². The number of benzene rings is 2. The van der Waals surface area contributed by atoms with Gasteiger partial charge in [-0.15, -0.1) is 0 Å². The number of rotatable bonds is 2. The van der Waals surface area contributed by atoms with Crippen LogP contribution in [0.3, 0.4) is 0 Å². The van der Waals surface area contributed by atoms with Crippen molar-refractivity contribution in [2.45, 2.75) is 25.2 Å². The van der Waals surface area contributed by atoms with E-state index in [2.05, 4.69) is 12.1 Å². The Morgan fingerprint density at radius 3 is 2.21 bits per heavy atom. The van der Waals surface area contributed by atoms with E-state index < -0.39 is 0 Å². The van der Waals surface area contributed by atoms with Gasteiger partial charge in [-0.3, -0.25) is 14.5 Å². The van der Waals surface area contributed by atoms with E-state index in [1.54, 1.807) is 24.3 Å². The molecule has 2 aromatic carbocycles. The van der Waals surface area contributed by atoms with Crippen molar-refractivity contribution in [1.29, 1.82) is 0 Å². The summed E-state index contributed by atoms with van der Waals surface area (Å²) in [5.74, 6) is -0.138. The maximum Gasteiger partial charge on any atom is 0.237 e. The first-order chi connectivity index (χ1) is 11.6. The number of amides is 2. The largest absolute Gasteiger partial charge is 0.274 e. The molecule has 1 aliphatic heterocycles. The quantitative estimate of drug-likeness (QED) is 0.760. The van der Waals surface area contributed by atoms with Gasteiger partial charge in [0.05, 0.1) is 17.5 Å². The van der Waals surface area contributed by atoms with Crippen molar-refractivity contribution >= 4 is 29.1 Å². The highest BCUT2D eigenvalue weighted by molar-refractivity contribution is 6.30. The van der Waals surface area contributed by atoms with Crippen LogP contribution in [0.15, 0.2) is 54.6 Å². The Balaban J connectivity index is 1.60. The first kappa shape index (κ1) is 15.4. The number of carbonyl (C=O) groups is 2. The fourth-order valence-electron chi connectivity index (χ4n) is 4.05. The van der Waals surface area contributed by atoms with E-state index >= 15 is 0 Å². The molecule has 3 nitrogen and oxygen atoms in total. The summed E-state index contributed by atoms with van der Waals surface area (Å²) in [7, 11) is 0. The van der Waals surface area contributed by atoms with E-state index in [-0.39, 0.29) is 23.7 Å². The van der Waals surface area contributed by atoms with Gasteiger partial charge in [0.25, 0.3) is 0 Å². The van der Waals surface area contributed by atoms with Crippen molar-refractivity contribution in [3.8, 4) is 0 Å². The molecule has 1 saturated heterocycles. The summed E-state index contributed by atoms with van der Waals surface area (Å²) in [6.45, 7) is 0. The lowest BCUT2D eigenvalue weighted by Crippen LogP contribution is -2.30. The van der Waals surface area contributed by atoms with Crippen LogP contribution in [0, 0.1) is 11.8 Å². The zero-order valence-corrected chi connectivity index (χ0v) is 13.9. The first-order valence-electron chi connectivity index (χ1n) is 8.33. The highest BCUT2D eigenvalue weighted by Gasteiger charge is 2.50. The number of fused-ring (bicyclic) bond motifs is 1. The number of halogens is 1. The van der Waals surface area contributed by atoms with E-state index in [4.69, 9.17) is 11.6 Å². The van der Waals surface area contributed by atoms with Gasteiger partial charge in [-0.1, -0.05) is 41.9 Å². The Bertz CT molecular complexity index is 772. The molecule has 2 amide bonds. The molecular weight excluding hydrogens is 322 g/mol. The summed E-state index contributed by atoms with van der Waals surface area (Å²) < 4.78 is 0. The molecular formula is C20H18ClNO2. The third kappa shape index (κ3) is 2.53. The average Bonchev–Trinajstić information content (AvgIpc) is 2.87. The van der Waals surface area contributed by atoms with Crippen LogP contribution in [0.2, 0.25) is 5.02 Å². The van der Waals surface area contributed by atoms with Gasteiger partial charge >= 0.3 is 0 Å². The third-order valence-electron chi connectivity index (χ3n) is 5.28. The Kier molecular flexibility index (Phi) is 3.89. The lowest BCUT2D eigenvalue weighted by Gasteiger charge is -2.28. The molecule has 1 aliphatic carbocycles. The first-order valence-corrected chi connectivity index (χ1v) is 8.71. The molecule has 4 heteroatoms. The second kappa shape index (κ2) is 6.06. The third-order valence-corrected chi connectivity index (χ3v) is 5.53. The highest BCUT2D eigenvalue weighted by Crippen LogP contribution is 2.45.